The molecule has 0 spiro atoms. The summed E-state index contributed by atoms with van der Waals surface area (Å²) >= 11 is 0. The van der Waals surface area contributed by atoms with Crippen LogP contribution in [-0.4, -0.2) is 11.9 Å². The average molecular weight is 605 g/mol. The second kappa shape index (κ2) is 10.2. The van der Waals surface area contributed by atoms with Crippen molar-refractivity contribution in [1.82, 2.24) is 0 Å². The van der Waals surface area contributed by atoms with Crippen molar-refractivity contribution >= 4 is 91.0 Å². The molecule has 0 aromatic heterocycles. The van der Waals surface area contributed by atoms with Gasteiger partial charge < -0.3 is 78.3 Å². The highest BCUT2D eigenvalue weighted by molar-refractivity contribution is 6.20. The molecule has 0 atom stereocenters. The van der Waals surface area contributed by atoms with E-state index in [-0.39, 0.29) is 101 Å². The van der Waals surface area contributed by atoms with E-state index in [0.717, 1.165) is 0 Å². The predicted molar refractivity (Wildman–Crippen MR) is 179 cm³/mol. The fourth-order valence-electron chi connectivity index (χ4n) is 4.93. The van der Waals surface area contributed by atoms with E-state index < -0.39 is 17.7 Å². The third-order valence-electron chi connectivity index (χ3n) is 8.04. The second-order valence-electron chi connectivity index (χ2n) is 10.4. The number of carbonyl (C=O) groups excluding carboxylic acids is 2. The van der Waals surface area contributed by atoms with E-state index >= 15 is 0 Å². The molecule has 24 N–H and O–H groups in total. The van der Waals surface area contributed by atoms with E-state index in [2.05, 4.69) is 0 Å². The number of carbonyl (C=O) groups is 2. The third-order valence-corrected chi connectivity index (χ3v) is 8.04. The van der Waals surface area contributed by atoms with Gasteiger partial charge in [0.25, 0.3) is 0 Å². The molecule has 4 aromatic rings. The molecule has 4 rings (SSSR count). The maximum atomic E-state index is 13.7. The Morgan fingerprint density at radius 2 is 0.773 bits per heavy atom. The predicted octanol–water partition coefficient (Wildman–Crippen LogP) is 1.50. The Bertz CT molecular complexity index is 1780. The van der Waals surface area contributed by atoms with Crippen LogP contribution in [0.4, 0.5) is 68.2 Å². The molecule has 16 nitrogen and oxygen atoms in total. The van der Waals surface area contributed by atoms with Gasteiger partial charge in [-0.1, -0.05) is 0 Å². The van der Waals surface area contributed by atoms with Crippen LogP contribution in [0.3, 0.4) is 0 Å². The number of nitrogen functional groups attached to an aromatic ring is 12. The van der Waals surface area contributed by atoms with Crippen molar-refractivity contribution in [2.75, 3.05) is 68.8 Å². The van der Waals surface area contributed by atoms with Gasteiger partial charge >= 0.3 is 11.9 Å². The van der Waals surface area contributed by atoms with Crippen LogP contribution in [0.5, 0.6) is 11.5 Å². The summed E-state index contributed by atoms with van der Waals surface area (Å²) < 4.78 is 11.6. The highest BCUT2D eigenvalue weighted by atomic mass is 16.5. The Labute approximate surface area is 251 Å². The highest BCUT2D eigenvalue weighted by Gasteiger charge is 2.31. The number of esters is 2. The Hall–Kier alpha value is -6.32. The van der Waals surface area contributed by atoms with Gasteiger partial charge in [-0.2, -0.15) is 0 Å². The topological polar surface area (TPSA) is 365 Å². The van der Waals surface area contributed by atoms with Gasteiger partial charge in [-0.25, -0.2) is 9.59 Å². The molecule has 0 amide bonds. The van der Waals surface area contributed by atoms with Crippen molar-refractivity contribution in [3.05, 3.63) is 33.4 Å². The molecule has 232 valence electrons. The zero-order valence-electron chi connectivity index (χ0n) is 24.6. The molecule has 0 heterocycles. The van der Waals surface area contributed by atoms with E-state index in [1.54, 1.807) is 27.7 Å². The Balaban J connectivity index is 2.05. The lowest BCUT2D eigenvalue weighted by Crippen LogP contribution is -2.20. The monoisotopic (exact) mass is 604 g/mol. The summed E-state index contributed by atoms with van der Waals surface area (Å²) in [5.41, 5.74) is 74.5. The molecule has 0 saturated carbocycles. The second-order valence-corrected chi connectivity index (χ2v) is 10.4. The van der Waals surface area contributed by atoms with Gasteiger partial charge in [-0.05, 0) is 49.9 Å². The van der Waals surface area contributed by atoms with Gasteiger partial charge in [0.05, 0.1) is 67.8 Å². The van der Waals surface area contributed by atoms with Gasteiger partial charge in [-0.3, -0.25) is 0 Å². The fourth-order valence-corrected chi connectivity index (χ4v) is 4.93. The minimum atomic E-state index is -1.09. The van der Waals surface area contributed by atoms with E-state index in [1.807, 2.05) is 0 Å². The Kier molecular flexibility index (Phi) is 7.10. The van der Waals surface area contributed by atoms with Crippen LogP contribution in [0.25, 0.3) is 10.8 Å². The van der Waals surface area contributed by atoms with E-state index in [0.29, 0.717) is 16.7 Å². The molecule has 0 aliphatic carbocycles. The fraction of sp³-hybridized carbons (Fsp3) is 0.143. The van der Waals surface area contributed by atoms with Crippen molar-refractivity contribution in [2.24, 2.45) is 0 Å². The summed E-state index contributed by atoms with van der Waals surface area (Å²) in [7, 11) is 0. The first kappa shape index (κ1) is 30.6. The Morgan fingerprint density at radius 3 is 1.32 bits per heavy atom. The molecule has 0 saturated heterocycles. The standard InChI is InChI=1S/C28H36N12O4/c1-5-6(2)15(31)21(37)18(34)9(5)27(41)43-25-11-10(13(29)8(4)17(25)33)19(35)23(39)24(40)26(11)44-28(42)12-14(30)7(3)16(32)22(38)20(12)36/h29-40H2,1-4H3. The molecule has 0 aliphatic rings. The SMILES string of the molecule is Cc1c(C)c(C(=O)Oc2c(N)c(C)c(N)c3c(N)c(N)c(N)c(OC(=O)c4c(N)c(C)c(N)c(N)c4N)c23)c(N)c(N)c1N. The first-order valence-electron chi connectivity index (χ1n) is 12.9. The first-order valence-corrected chi connectivity index (χ1v) is 12.9. The average Bonchev–Trinajstić information content (AvgIpc) is 2.98. The van der Waals surface area contributed by atoms with Crippen molar-refractivity contribution in [3.63, 3.8) is 0 Å². The van der Waals surface area contributed by atoms with Crippen LogP contribution >= 0.6 is 0 Å². The summed E-state index contributed by atoms with van der Waals surface area (Å²) in [4.78, 5) is 27.3. The molecule has 0 bridgehead atoms. The summed E-state index contributed by atoms with van der Waals surface area (Å²) in [6.45, 7) is 6.39. The number of anilines is 12. The van der Waals surface area contributed by atoms with Crippen molar-refractivity contribution < 1.29 is 19.1 Å². The minimum Gasteiger partial charge on any atom is -0.420 e. The molecule has 0 unspecified atom stereocenters. The van der Waals surface area contributed by atoms with Crippen molar-refractivity contribution in [3.8, 4) is 11.5 Å². The first-order chi connectivity index (χ1) is 20.4. The maximum absolute atomic E-state index is 13.7. The lowest BCUT2D eigenvalue weighted by molar-refractivity contribution is 0.0737. The number of rotatable bonds is 4. The number of hydrogen-bond acceptors (Lipinski definition) is 16. The summed E-state index contributed by atoms with van der Waals surface area (Å²) in [6, 6.07) is 0. The molecule has 0 radical (unpaired) electrons. The van der Waals surface area contributed by atoms with Crippen molar-refractivity contribution in [2.45, 2.75) is 27.7 Å². The lowest BCUT2D eigenvalue weighted by Gasteiger charge is -2.23. The van der Waals surface area contributed by atoms with Crippen molar-refractivity contribution in [1.29, 1.82) is 0 Å². The van der Waals surface area contributed by atoms with Crippen LogP contribution < -0.4 is 78.3 Å². The lowest BCUT2D eigenvalue weighted by atomic mass is 9.96. The maximum Gasteiger partial charge on any atom is 0.347 e. The largest absolute Gasteiger partial charge is 0.420 e. The molecule has 44 heavy (non-hydrogen) atoms. The number of nitrogens with two attached hydrogens (primary N) is 12. The molecule has 0 aliphatic heterocycles. The minimum absolute atomic E-state index is 0.00418. The van der Waals surface area contributed by atoms with Crippen LogP contribution in [-0.2, 0) is 0 Å². The molecular formula is C28H36N12O4. The van der Waals surface area contributed by atoms with E-state index in [4.69, 9.17) is 78.3 Å². The zero-order valence-corrected chi connectivity index (χ0v) is 24.6. The quantitative estimate of drug-likeness (QED) is 0.0890. The number of ether oxygens (including phenoxy) is 2. The smallest absolute Gasteiger partial charge is 0.347 e. The van der Waals surface area contributed by atoms with Gasteiger partial charge in [0, 0.05) is 11.1 Å². The Morgan fingerprint density at radius 1 is 0.364 bits per heavy atom. The molecule has 0 fully saturated rings. The van der Waals surface area contributed by atoms with Gasteiger partial charge in [-0.15, -0.1) is 0 Å². The number of fused-ring (bicyclic) bond motifs is 1. The highest BCUT2D eigenvalue weighted by Crippen LogP contribution is 2.52. The van der Waals surface area contributed by atoms with Gasteiger partial charge in [0.2, 0.25) is 0 Å². The van der Waals surface area contributed by atoms with Gasteiger partial charge in [0.1, 0.15) is 11.3 Å². The van der Waals surface area contributed by atoms with Gasteiger partial charge in [0.15, 0.2) is 11.5 Å². The van der Waals surface area contributed by atoms with E-state index in [1.165, 1.54) is 0 Å². The number of benzene rings is 4. The third kappa shape index (κ3) is 4.15. The molecule has 16 heteroatoms. The normalized spacial score (nSPS) is 11.1. The zero-order chi connectivity index (χ0) is 33.3. The van der Waals surface area contributed by atoms with Crippen LogP contribution in [0.15, 0.2) is 0 Å². The molecule has 4 aromatic carbocycles. The van der Waals surface area contributed by atoms with E-state index in [9.17, 15) is 9.59 Å². The van der Waals surface area contributed by atoms with Crippen LogP contribution in [0.2, 0.25) is 0 Å². The molecular weight excluding hydrogens is 568 g/mol. The van der Waals surface area contributed by atoms with Crippen LogP contribution in [0.1, 0.15) is 43.0 Å². The number of hydrogen-bond donors (Lipinski definition) is 12. The summed E-state index contributed by atoms with van der Waals surface area (Å²) in [6.07, 6.45) is 0. The summed E-state index contributed by atoms with van der Waals surface area (Å²) in [5, 5.41) is -0.106. The summed E-state index contributed by atoms with van der Waals surface area (Å²) in [5.74, 6) is -2.77. The van der Waals surface area contributed by atoms with Crippen LogP contribution in [0, 0.1) is 27.7 Å².